The third-order valence-corrected chi connectivity index (χ3v) is 2.44. The number of hydrogen-bond acceptors (Lipinski definition) is 2. The van der Waals surface area contributed by atoms with Crippen LogP contribution >= 0.6 is 0 Å². The first-order valence-electron chi connectivity index (χ1n) is 5.25. The molecule has 0 aliphatic carbocycles. The highest BCUT2D eigenvalue weighted by atomic mass is 16.4. The molecule has 5 heteroatoms. The maximum Gasteiger partial charge on any atom is 0.325 e. The van der Waals surface area contributed by atoms with Gasteiger partial charge >= 0.3 is 12.0 Å². The molecule has 0 aliphatic heterocycles. The molecule has 0 fully saturated rings. The lowest BCUT2D eigenvalue weighted by atomic mass is 10.2. The first kappa shape index (κ1) is 13.0. The van der Waals surface area contributed by atoms with Crippen LogP contribution in [0.4, 0.5) is 10.5 Å². The van der Waals surface area contributed by atoms with Gasteiger partial charge in [-0.3, -0.25) is 9.69 Å². The van der Waals surface area contributed by atoms with Gasteiger partial charge < -0.3 is 10.4 Å². The Labute approximate surface area is 100 Å². The monoisotopic (exact) mass is 236 g/mol. The minimum absolute atomic E-state index is 0.441. The number of nitrogens with zero attached hydrogens (tertiary/aromatic N) is 1. The fraction of sp³-hybridized carbons (Fsp3) is 0.333. The van der Waals surface area contributed by atoms with E-state index in [0.717, 1.165) is 5.56 Å². The van der Waals surface area contributed by atoms with Crippen molar-refractivity contribution in [3.05, 3.63) is 29.8 Å². The molecule has 0 saturated heterocycles. The van der Waals surface area contributed by atoms with Gasteiger partial charge in [-0.15, -0.1) is 0 Å². The van der Waals surface area contributed by atoms with E-state index in [1.54, 1.807) is 19.2 Å². The fourth-order valence-electron chi connectivity index (χ4n) is 1.23. The van der Waals surface area contributed by atoms with Crippen LogP contribution in [-0.4, -0.2) is 30.2 Å². The third-order valence-electron chi connectivity index (χ3n) is 2.44. The van der Waals surface area contributed by atoms with E-state index in [0.29, 0.717) is 5.69 Å². The fourth-order valence-corrected chi connectivity index (χ4v) is 1.23. The Morgan fingerprint density at radius 2 is 1.82 bits per heavy atom. The van der Waals surface area contributed by atoms with E-state index in [1.807, 2.05) is 19.1 Å². The summed E-state index contributed by atoms with van der Waals surface area (Å²) in [6.07, 6.45) is 0. The van der Waals surface area contributed by atoms with Gasteiger partial charge in [-0.05, 0) is 26.0 Å². The molecule has 1 rings (SSSR count). The Bertz CT molecular complexity index is 414. The number of urea groups is 1. The summed E-state index contributed by atoms with van der Waals surface area (Å²) in [5, 5.41) is 11.1. The predicted molar refractivity (Wildman–Crippen MR) is 65.2 cm³/mol. The third kappa shape index (κ3) is 3.48. The first-order chi connectivity index (χ1) is 7.91. The Kier molecular flexibility index (Phi) is 4.09. The molecule has 0 radical (unpaired) electrons. The molecule has 1 aromatic rings. The quantitative estimate of drug-likeness (QED) is 0.837. The summed E-state index contributed by atoms with van der Waals surface area (Å²) in [5.41, 5.74) is 1.81. The van der Waals surface area contributed by atoms with Crippen LogP contribution in [0.1, 0.15) is 12.5 Å². The van der Waals surface area contributed by atoms with E-state index in [2.05, 4.69) is 5.32 Å². The zero-order valence-corrected chi connectivity index (χ0v) is 10.1. The van der Waals surface area contributed by atoms with Crippen molar-refractivity contribution in [2.75, 3.05) is 11.9 Å². The van der Waals surface area contributed by atoms with Crippen molar-refractivity contribution in [1.82, 2.24) is 5.32 Å². The molecular weight excluding hydrogens is 220 g/mol. The number of carbonyl (C=O) groups is 2. The van der Waals surface area contributed by atoms with Crippen molar-refractivity contribution in [3.63, 3.8) is 0 Å². The number of hydrogen-bond donors (Lipinski definition) is 2. The van der Waals surface area contributed by atoms with Crippen molar-refractivity contribution in [2.45, 2.75) is 19.9 Å². The van der Waals surface area contributed by atoms with Gasteiger partial charge in [0.05, 0.1) is 0 Å². The molecule has 1 aromatic carbocycles. The molecule has 0 aliphatic rings. The van der Waals surface area contributed by atoms with Crippen molar-refractivity contribution >= 4 is 17.7 Å². The number of nitrogens with one attached hydrogen (secondary N) is 1. The number of aliphatic carboxylic acids is 1. The summed E-state index contributed by atoms with van der Waals surface area (Å²) in [4.78, 5) is 23.7. The van der Waals surface area contributed by atoms with Gasteiger partial charge in [-0.25, -0.2) is 4.79 Å². The molecule has 92 valence electrons. The molecule has 2 amide bonds. The first-order valence-corrected chi connectivity index (χ1v) is 5.25. The Hall–Kier alpha value is -2.04. The molecule has 0 saturated carbocycles. The second-order valence-electron chi connectivity index (χ2n) is 3.90. The average molecular weight is 236 g/mol. The molecule has 0 aromatic heterocycles. The Morgan fingerprint density at radius 3 is 2.29 bits per heavy atom. The number of carbonyl (C=O) groups excluding carboxylic acids is 1. The lowest BCUT2D eigenvalue weighted by molar-refractivity contribution is -0.138. The van der Waals surface area contributed by atoms with E-state index in [-0.39, 0.29) is 0 Å². The summed E-state index contributed by atoms with van der Waals surface area (Å²) < 4.78 is 0. The Morgan fingerprint density at radius 1 is 1.29 bits per heavy atom. The highest BCUT2D eigenvalue weighted by molar-refractivity contribution is 5.93. The highest BCUT2D eigenvalue weighted by Gasteiger charge is 2.17. The normalized spacial score (nSPS) is 11.7. The molecule has 5 nitrogen and oxygen atoms in total. The summed E-state index contributed by atoms with van der Waals surface area (Å²) >= 11 is 0. The maximum atomic E-state index is 11.7. The van der Waals surface area contributed by atoms with Crippen LogP contribution in [0.15, 0.2) is 24.3 Å². The van der Waals surface area contributed by atoms with Gasteiger partial charge in [0.15, 0.2) is 0 Å². The number of carboxylic acid groups (broad SMARTS) is 1. The number of rotatable bonds is 3. The number of benzene rings is 1. The number of amides is 2. The van der Waals surface area contributed by atoms with Crippen LogP contribution in [0.3, 0.4) is 0 Å². The minimum atomic E-state index is -1.06. The van der Waals surface area contributed by atoms with Crippen molar-refractivity contribution < 1.29 is 14.7 Å². The summed E-state index contributed by atoms with van der Waals surface area (Å²) in [6.45, 7) is 3.37. The topological polar surface area (TPSA) is 69.6 Å². The number of aryl methyl sites for hydroxylation is 1. The van der Waals surface area contributed by atoms with Crippen molar-refractivity contribution in [3.8, 4) is 0 Å². The van der Waals surface area contributed by atoms with Crippen LogP contribution in [0.5, 0.6) is 0 Å². The molecular formula is C12H16N2O3. The molecule has 0 bridgehead atoms. The average Bonchev–Trinajstić information content (AvgIpc) is 2.28. The standard InChI is InChI=1S/C12H16N2O3/c1-8-4-6-10(7-5-8)14(3)12(17)13-9(2)11(15)16/h4-7,9H,1-3H3,(H,13,17)(H,15,16)/t9-/m1/s1. The summed E-state index contributed by atoms with van der Waals surface area (Å²) in [5.74, 6) is -1.06. The number of anilines is 1. The van der Waals surface area contributed by atoms with Gasteiger partial charge in [-0.2, -0.15) is 0 Å². The summed E-state index contributed by atoms with van der Waals surface area (Å²) in [7, 11) is 1.59. The van der Waals surface area contributed by atoms with Crippen molar-refractivity contribution in [1.29, 1.82) is 0 Å². The van der Waals surface area contributed by atoms with Crippen LogP contribution < -0.4 is 10.2 Å². The maximum absolute atomic E-state index is 11.7. The minimum Gasteiger partial charge on any atom is -0.480 e. The molecule has 17 heavy (non-hydrogen) atoms. The Balaban J connectivity index is 2.70. The van der Waals surface area contributed by atoms with E-state index >= 15 is 0 Å². The molecule has 2 N–H and O–H groups in total. The molecule has 1 atom stereocenters. The zero-order chi connectivity index (χ0) is 13.0. The molecule has 0 heterocycles. The van der Waals surface area contributed by atoms with Gasteiger partial charge in [0.25, 0.3) is 0 Å². The van der Waals surface area contributed by atoms with E-state index in [1.165, 1.54) is 11.8 Å². The second-order valence-corrected chi connectivity index (χ2v) is 3.90. The lowest BCUT2D eigenvalue weighted by Crippen LogP contribution is -2.45. The van der Waals surface area contributed by atoms with Crippen LogP contribution in [0, 0.1) is 6.92 Å². The van der Waals surface area contributed by atoms with Gasteiger partial charge in [0, 0.05) is 12.7 Å². The SMILES string of the molecule is Cc1ccc(N(C)C(=O)N[C@H](C)C(=O)O)cc1. The molecule has 0 spiro atoms. The van der Waals surface area contributed by atoms with Gasteiger partial charge in [0.2, 0.25) is 0 Å². The predicted octanol–water partition coefficient (Wildman–Crippen LogP) is 1.61. The van der Waals surface area contributed by atoms with Crippen molar-refractivity contribution in [2.24, 2.45) is 0 Å². The number of carboxylic acids is 1. The summed E-state index contributed by atoms with van der Waals surface area (Å²) in [6, 6.07) is 6.04. The van der Waals surface area contributed by atoms with E-state index in [9.17, 15) is 9.59 Å². The highest BCUT2D eigenvalue weighted by Crippen LogP contribution is 2.13. The van der Waals surface area contributed by atoms with Crippen LogP contribution in [0.25, 0.3) is 0 Å². The molecule has 0 unspecified atom stereocenters. The van der Waals surface area contributed by atoms with E-state index < -0.39 is 18.0 Å². The van der Waals surface area contributed by atoms with Gasteiger partial charge in [-0.1, -0.05) is 17.7 Å². The van der Waals surface area contributed by atoms with E-state index in [4.69, 9.17) is 5.11 Å². The largest absolute Gasteiger partial charge is 0.480 e. The smallest absolute Gasteiger partial charge is 0.325 e. The second kappa shape index (κ2) is 5.34. The van der Waals surface area contributed by atoms with Crippen LogP contribution in [0.2, 0.25) is 0 Å². The lowest BCUT2D eigenvalue weighted by Gasteiger charge is -2.19. The zero-order valence-electron chi connectivity index (χ0n) is 10.1. The van der Waals surface area contributed by atoms with Gasteiger partial charge in [0.1, 0.15) is 6.04 Å². The van der Waals surface area contributed by atoms with Crippen LogP contribution in [-0.2, 0) is 4.79 Å².